The van der Waals surface area contributed by atoms with Crippen molar-refractivity contribution in [3.8, 4) is 0 Å². The van der Waals surface area contributed by atoms with Gasteiger partial charge in [-0.05, 0) is 49.8 Å². The summed E-state index contributed by atoms with van der Waals surface area (Å²) in [5, 5.41) is 9.39. The number of rotatable bonds is 7. The van der Waals surface area contributed by atoms with E-state index in [0.29, 0.717) is 12.4 Å². The lowest BCUT2D eigenvalue weighted by atomic mass is 9.90. The lowest BCUT2D eigenvalue weighted by Gasteiger charge is -2.30. The van der Waals surface area contributed by atoms with Gasteiger partial charge >= 0.3 is 0 Å². The first kappa shape index (κ1) is 22.0. The van der Waals surface area contributed by atoms with E-state index in [1.54, 1.807) is 11.3 Å². The number of hydrogen-bond acceptors (Lipinski definition) is 6. The Morgan fingerprint density at radius 1 is 1.22 bits per heavy atom. The maximum atomic E-state index is 12.8. The molecular formula is C23H29N7OS. The Morgan fingerprint density at radius 3 is 2.84 bits per heavy atom. The van der Waals surface area contributed by atoms with E-state index >= 15 is 0 Å². The van der Waals surface area contributed by atoms with Gasteiger partial charge in [-0.25, -0.2) is 15.0 Å². The fourth-order valence-corrected chi connectivity index (χ4v) is 4.80. The summed E-state index contributed by atoms with van der Waals surface area (Å²) < 4.78 is 0. The molecule has 1 fully saturated rings. The standard InChI is InChI=1S/C23H29N7OS/c1-14-8-9-17-16(13-14)20(28-18-6-2-3-7-19(18)29-23(24)25)30-21(27-17)22(31)26-11-10-15-5-4-12-32-15/h4-5,8-9,12-13,18-19H,2-3,6-7,10-11H2,1H3,(H,26,31)(H4,24,25,29)(H,27,28,30). The molecule has 1 saturated carbocycles. The van der Waals surface area contributed by atoms with Crippen LogP contribution in [0.4, 0.5) is 5.82 Å². The van der Waals surface area contributed by atoms with Crippen LogP contribution in [0.1, 0.15) is 46.7 Å². The fourth-order valence-electron chi connectivity index (χ4n) is 4.09. The van der Waals surface area contributed by atoms with Crippen LogP contribution < -0.4 is 22.1 Å². The highest BCUT2D eigenvalue weighted by atomic mass is 32.1. The van der Waals surface area contributed by atoms with Gasteiger partial charge in [-0.3, -0.25) is 4.79 Å². The number of amides is 1. The Kier molecular flexibility index (Phi) is 6.84. The number of nitrogens with zero attached hydrogens (tertiary/aromatic N) is 3. The molecule has 0 radical (unpaired) electrons. The molecule has 2 atom stereocenters. The van der Waals surface area contributed by atoms with Crippen LogP contribution in [0.5, 0.6) is 0 Å². The van der Waals surface area contributed by atoms with Crippen LogP contribution in [0.3, 0.4) is 0 Å². The van der Waals surface area contributed by atoms with Gasteiger partial charge in [-0.2, -0.15) is 0 Å². The Morgan fingerprint density at radius 2 is 2.06 bits per heavy atom. The number of carbonyl (C=O) groups is 1. The second-order valence-corrected chi connectivity index (χ2v) is 9.19. The van der Waals surface area contributed by atoms with Crippen molar-refractivity contribution < 1.29 is 4.79 Å². The SMILES string of the molecule is Cc1ccc2nc(C(=O)NCCc3cccs3)nc(NC3CCCCC3N=C(N)N)c2c1. The molecule has 32 heavy (non-hydrogen) atoms. The van der Waals surface area contributed by atoms with Crippen molar-refractivity contribution in [2.75, 3.05) is 11.9 Å². The smallest absolute Gasteiger partial charge is 0.289 e. The largest absolute Gasteiger partial charge is 0.370 e. The normalized spacial score (nSPS) is 18.3. The molecule has 6 N–H and O–H groups in total. The van der Waals surface area contributed by atoms with Crippen molar-refractivity contribution in [3.05, 3.63) is 52.0 Å². The number of aliphatic imine (C=N–C) groups is 1. The number of anilines is 1. The zero-order chi connectivity index (χ0) is 22.5. The van der Waals surface area contributed by atoms with Gasteiger partial charge in [0.1, 0.15) is 5.82 Å². The molecule has 1 amide bonds. The maximum Gasteiger partial charge on any atom is 0.289 e. The van der Waals surface area contributed by atoms with Gasteiger partial charge in [-0.1, -0.05) is 30.5 Å². The van der Waals surface area contributed by atoms with Crippen LogP contribution in [-0.2, 0) is 6.42 Å². The van der Waals surface area contributed by atoms with Crippen LogP contribution in [0.25, 0.3) is 10.9 Å². The first-order valence-corrected chi connectivity index (χ1v) is 11.8. The summed E-state index contributed by atoms with van der Waals surface area (Å²) in [5.74, 6) is 0.614. The molecule has 1 aliphatic carbocycles. The molecule has 0 bridgehead atoms. The second kappa shape index (κ2) is 9.95. The topological polar surface area (TPSA) is 131 Å². The molecule has 0 aliphatic heterocycles. The van der Waals surface area contributed by atoms with E-state index < -0.39 is 0 Å². The van der Waals surface area contributed by atoms with Crippen molar-refractivity contribution in [3.63, 3.8) is 0 Å². The average Bonchev–Trinajstić information content (AvgIpc) is 3.28. The van der Waals surface area contributed by atoms with Gasteiger partial charge in [0.05, 0.1) is 17.6 Å². The predicted molar refractivity (Wildman–Crippen MR) is 130 cm³/mol. The molecule has 9 heteroatoms. The lowest BCUT2D eigenvalue weighted by Crippen LogP contribution is -2.38. The highest BCUT2D eigenvalue weighted by Gasteiger charge is 2.26. The number of fused-ring (bicyclic) bond motifs is 1. The van der Waals surface area contributed by atoms with Gasteiger partial charge in [0.15, 0.2) is 5.96 Å². The van der Waals surface area contributed by atoms with Crippen molar-refractivity contribution in [1.82, 2.24) is 15.3 Å². The number of hydrogen-bond donors (Lipinski definition) is 4. The number of aromatic nitrogens is 2. The average molecular weight is 452 g/mol. The van der Waals surface area contributed by atoms with E-state index in [4.69, 9.17) is 11.5 Å². The minimum Gasteiger partial charge on any atom is -0.370 e. The minimum atomic E-state index is -0.281. The third-order valence-electron chi connectivity index (χ3n) is 5.66. The summed E-state index contributed by atoms with van der Waals surface area (Å²) in [6, 6.07) is 10.0. The first-order chi connectivity index (χ1) is 15.5. The highest BCUT2D eigenvalue weighted by molar-refractivity contribution is 7.09. The number of aryl methyl sites for hydroxylation is 1. The van der Waals surface area contributed by atoms with Crippen molar-refractivity contribution in [1.29, 1.82) is 0 Å². The Balaban J connectivity index is 1.59. The summed E-state index contributed by atoms with van der Waals surface area (Å²) in [7, 11) is 0. The number of thiophene rings is 1. The number of carbonyl (C=O) groups excluding carboxylic acids is 1. The Bertz CT molecular complexity index is 1110. The zero-order valence-electron chi connectivity index (χ0n) is 18.2. The lowest BCUT2D eigenvalue weighted by molar-refractivity contribution is 0.0944. The van der Waals surface area contributed by atoms with E-state index in [9.17, 15) is 4.79 Å². The van der Waals surface area contributed by atoms with Crippen molar-refractivity contribution in [2.45, 2.75) is 51.1 Å². The maximum absolute atomic E-state index is 12.8. The molecule has 168 valence electrons. The molecule has 4 rings (SSSR count). The fraction of sp³-hybridized carbons (Fsp3) is 0.391. The molecule has 2 heterocycles. The number of guanidine groups is 1. The number of nitrogens with one attached hydrogen (secondary N) is 2. The second-order valence-electron chi connectivity index (χ2n) is 8.16. The van der Waals surface area contributed by atoms with E-state index in [-0.39, 0.29) is 29.8 Å². The molecule has 1 aliphatic rings. The van der Waals surface area contributed by atoms with E-state index in [2.05, 4.69) is 31.7 Å². The molecule has 3 aromatic rings. The summed E-state index contributed by atoms with van der Waals surface area (Å²) in [6.07, 6.45) is 4.80. The molecule has 0 spiro atoms. The van der Waals surface area contributed by atoms with Crippen LogP contribution in [0, 0.1) is 6.92 Å². The van der Waals surface area contributed by atoms with Gasteiger partial charge in [0.2, 0.25) is 5.82 Å². The van der Waals surface area contributed by atoms with Crippen LogP contribution in [0.15, 0.2) is 40.7 Å². The van der Waals surface area contributed by atoms with Gasteiger partial charge < -0.3 is 22.1 Å². The van der Waals surface area contributed by atoms with Gasteiger partial charge in [0.25, 0.3) is 5.91 Å². The molecular weight excluding hydrogens is 422 g/mol. The summed E-state index contributed by atoms with van der Waals surface area (Å²) >= 11 is 1.68. The summed E-state index contributed by atoms with van der Waals surface area (Å²) in [5.41, 5.74) is 13.1. The number of nitrogens with two attached hydrogens (primary N) is 2. The van der Waals surface area contributed by atoms with Crippen molar-refractivity contribution >= 4 is 39.9 Å². The quantitative estimate of drug-likeness (QED) is 0.323. The van der Waals surface area contributed by atoms with Crippen LogP contribution in [0.2, 0.25) is 0 Å². The van der Waals surface area contributed by atoms with E-state index in [0.717, 1.165) is 48.6 Å². The monoisotopic (exact) mass is 451 g/mol. The van der Waals surface area contributed by atoms with Gasteiger partial charge in [-0.15, -0.1) is 11.3 Å². The van der Waals surface area contributed by atoms with Gasteiger partial charge in [0, 0.05) is 16.8 Å². The first-order valence-electron chi connectivity index (χ1n) is 10.9. The number of benzene rings is 1. The summed E-state index contributed by atoms with van der Waals surface area (Å²) in [4.78, 5) is 27.6. The van der Waals surface area contributed by atoms with Crippen molar-refractivity contribution in [2.24, 2.45) is 16.5 Å². The minimum absolute atomic E-state index is 0.0216. The molecule has 0 saturated heterocycles. The third kappa shape index (κ3) is 5.34. The Hall–Kier alpha value is -3.20. The highest BCUT2D eigenvalue weighted by Crippen LogP contribution is 2.28. The molecule has 2 unspecified atom stereocenters. The zero-order valence-corrected chi connectivity index (χ0v) is 19.0. The predicted octanol–water partition coefficient (Wildman–Crippen LogP) is 2.97. The molecule has 2 aromatic heterocycles. The summed E-state index contributed by atoms with van der Waals surface area (Å²) in [6.45, 7) is 2.56. The van der Waals surface area contributed by atoms with Crippen LogP contribution in [-0.4, -0.2) is 40.5 Å². The van der Waals surface area contributed by atoms with E-state index in [1.807, 2.05) is 36.6 Å². The third-order valence-corrected chi connectivity index (χ3v) is 6.59. The van der Waals surface area contributed by atoms with Crippen LogP contribution >= 0.6 is 11.3 Å². The molecule has 8 nitrogen and oxygen atoms in total. The Labute approximate surface area is 191 Å². The molecule has 1 aromatic carbocycles. The van der Waals surface area contributed by atoms with E-state index in [1.165, 1.54) is 4.88 Å².